The average molecular weight is 418 g/mol. The van der Waals surface area contributed by atoms with E-state index in [1.165, 1.54) is 19.2 Å². The van der Waals surface area contributed by atoms with E-state index in [0.717, 1.165) is 21.1 Å². The highest BCUT2D eigenvalue weighted by molar-refractivity contribution is 7.89. The Balaban J connectivity index is 1.71. The molecule has 0 saturated heterocycles. The molecule has 0 fully saturated rings. The lowest BCUT2D eigenvalue weighted by atomic mass is 10.0. The lowest BCUT2D eigenvalue weighted by molar-refractivity contribution is -0.145. The fourth-order valence-corrected chi connectivity index (χ4v) is 4.71. The zero-order valence-electron chi connectivity index (χ0n) is 16.3. The molecule has 1 aliphatic heterocycles. The fraction of sp³-hybridized carbons (Fsp3) is 0.333. The van der Waals surface area contributed by atoms with E-state index in [2.05, 4.69) is 5.10 Å². The summed E-state index contributed by atoms with van der Waals surface area (Å²) in [5, 5.41) is 4.11. The lowest BCUT2D eigenvalue weighted by Crippen LogP contribution is -2.46. The van der Waals surface area contributed by atoms with E-state index in [-0.39, 0.29) is 18.0 Å². The molecule has 8 heteroatoms. The molecule has 0 bridgehead atoms. The van der Waals surface area contributed by atoms with Crippen LogP contribution in [-0.4, -0.2) is 43.4 Å². The number of rotatable bonds is 6. The van der Waals surface area contributed by atoms with Gasteiger partial charge in [0.2, 0.25) is 0 Å². The number of ether oxygens (including phenoxy) is 1. The second kappa shape index (κ2) is 8.73. The van der Waals surface area contributed by atoms with Crippen LogP contribution in [0.4, 0.5) is 4.39 Å². The maximum Gasteiger partial charge on any atom is 0.331 e. The van der Waals surface area contributed by atoms with E-state index >= 15 is 0 Å². The van der Waals surface area contributed by atoms with Gasteiger partial charge < -0.3 is 4.74 Å². The summed E-state index contributed by atoms with van der Waals surface area (Å²) in [6.45, 7) is 1.74. The van der Waals surface area contributed by atoms with Gasteiger partial charge in [-0.3, -0.25) is 0 Å². The largest absolute Gasteiger partial charge is 0.467 e. The molecule has 1 atom stereocenters. The fourth-order valence-electron chi connectivity index (χ4n) is 3.19. The molecule has 29 heavy (non-hydrogen) atoms. The Hall–Kier alpha value is -2.74. The summed E-state index contributed by atoms with van der Waals surface area (Å²) in [4.78, 5) is 12.0. The number of methoxy groups -OCH3 is 1. The van der Waals surface area contributed by atoms with E-state index in [9.17, 15) is 17.6 Å². The molecule has 0 radical (unpaired) electrons. The highest BCUT2D eigenvalue weighted by Gasteiger charge is 2.36. The van der Waals surface area contributed by atoms with Crippen molar-refractivity contribution in [3.8, 4) is 11.1 Å². The van der Waals surface area contributed by atoms with Crippen molar-refractivity contribution in [3.63, 3.8) is 0 Å². The van der Waals surface area contributed by atoms with E-state index in [1.54, 1.807) is 19.1 Å². The average Bonchev–Trinajstić information content (AvgIpc) is 2.73. The van der Waals surface area contributed by atoms with Crippen molar-refractivity contribution in [1.82, 2.24) is 4.41 Å². The summed E-state index contributed by atoms with van der Waals surface area (Å²) in [6.07, 6.45) is 1.19. The van der Waals surface area contributed by atoms with Crippen molar-refractivity contribution >= 4 is 21.7 Å². The van der Waals surface area contributed by atoms with Gasteiger partial charge in [-0.1, -0.05) is 36.4 Å². The Morgan fingerprint density at radius 3 is 2.31 bits per heavy atom. The minimum absolute atomic E-state index is 0.173. The molecule has 0 aromatic heterocycles. The summed E-state index contributed by atoms with van der Waals surface area (Å²) in [6, 6.07) is 12.7. The van der Waals surface area contributed by atoms with Gasteiger partial charge in [-0.2, -0.15) is 9.52 Å². The van der Waals surface area contributed by atoms with Crippen LogP contribution in [0.2, 0.25) is 0 Å². The van der Waals surface area contributed by atoms with Crippen LogP contribution in [0.5, 0.6) is 0 Å². The molecule has 1 heterocycles. The van der Waals surface area contributed by atoms with Crippen LogP contribution >= 0.6 is 0 Å². The van der Waals surface area contributed by atoms with Crippen molar-refractivity contribution in [2.45, 2.75) is 32.2 Å². The van der Waals surface area contributed by atoms with Gasteiger partial charge in [0.05, 0.1) is 12.9 Å². The number of halogens is 1. The number of aryl methyl sites for hydroxylation is 1. The number of hydrazone groups is 1. The number of carbonyl (C=O) groups is 1. The molecule has 0 spiro atoms. The number of esters is 1. The summed E-state index contributed by atoms with van der Waals surface area (Å²) in [5.41, 5.74) is 3.30. The smallest absolute Gasteiger partial charge is 0.331 e. The monoisotopic (exact) mass is 418 g/mol. The van der Waals surface area contributed by atoms with E-state index < -0.39 is 22.0 Å². The van der Waals surface area contributed by atoms with Crippen molar-refractivity contribution in [3.05, 3.63) is 59.9 Å². The Morgan fingerprint density at radius 2 is 1.72 bits per heavy atom. The predicted molar refractivity (Wildman–Crippen MR) is 109 cm³/mol. The molecule has 6 nitrogen and oxygen atoms in total. The molecule has 0 saturated carbocycles. The normalized spacial score (nSPS) is 17.0. The number of hydrogen-bond donors (Lipinski definition) is 0. The Kier molecular flexibility index (Phi) is 6.32. The van der Waals surface area contributed by atoms with Crippen molar-refractivity contribution in [1.29, 1.82) is 0 Å². The van der Waals surface area contributed by atoms with Gasteiger partial charge in [0.15, 0.2) is 6.04 Å². The summed E-state index contributed by atoms with van der Waals surface area (Å²) < 4.78 is 44.4. The SMILES string of the molecule is COC(=O)C1CCC(C)=NN1S(=O)(=O)CCc1ccc(-c2ccc(F)cc2)cc1. The number of benzene rings is 2. The lowest BCUT2D eigenvalue weighted by Gasteiger charge is -2.30. The summed E-state index contributed by atoms with van der Waals surface area (Å²) >= 11 is 0. The van der Waals surface area contributed by atoms with Crippen LogP contribution in [0.25, 0.3) is 11.1 Å². The first-order valence-electron chi connectivity index (χ1n) is 9.29. The number of sulfonamides is 1. The Morgan fingerprint density at radius 1 is 1.14 bits per heavy atom. The summed E-state index contributed by atoms with van der Waals surface area (Å²) in [5.74, 6) is -1.07. The first kappa shape index (κ1) is 21.0. The standard InChI is InChI=1S/C21H23FN2O4S/c1-15-3-12-20(21(25)28-2)24(23-15)29(26,27)14-13-16-4-6-17(7-5-16)18-8-10-19(22)11-9-18/h4-11,20H,3,12-14H2,1-2H3. The van der Waals surface area contributed by atoms with Gasteiger partial charge in [-0.05, 0) is 55.0 Å². The second-order valence-corrected chi connectivity index (χ2v) is 8.90. The number of hydrogen-bond acceptors (Lipinski definition) is 5. The van der Waals surface area contributed by atoms with Crippen LogP contribution in [0, 0.1) is 5.82 Å². The number of carbonyl (C=O) groups excluding carboxylic acids is 1. The molecule has 1 unspecified atom stereocenters. The number of nitrogens with zero attached hydrogens (tertiary/aromatic N) is 2. The zero-order chi connectivity index (χ0) is 21.0. The van der Waals surface area contributed by atoms with Gasteiger partial charge in [0, 0.05) is 5.71 Å². The van der Waals surface area contributed by atoms with Gasteiger partial charge in [0.1, 0.15) is 5.82 Å². The zero-order valence-corrected chi connectivity index (χ0v) is 17.2. The van der Waals surface area contributed by atoms with Crippen molar-refractivity contribution < 1.29 is 22.3 Å². The topological polar surface area (TPSA) is 76.0 Å². The Bertz CT molecular complexity index is 1000. The third-order valence-corrected chi connectivity index (χ3v) is 6.48. The maximum absolute atomic E-state index is 13.1. The molecule has 2 aromatic carbocycles. The molecular formula is C21H23FN2O4S. The molecule has 1 aliphatic rings. The minimum atomic E-state index is -3.78. The third kappa shape index (κ3) is 5.00. The first-order chi connectivity index (χ1) is 13.8. The van der Waals surface area contributed by atoms with Crippen LogP contribution in [-0.2, 0) is 26.0 Å². The van der Waals surface area contributed by atoms with Gasteiger partial charge >= 0.3 is 5.97 Å². The third-order valence-electron chi connectivity index (χ3n) is 4.85. The molecule has 0 aliphatic carbocycles. The second-order valence-electron chi connectivity index (χ2n) is 6.96. The molecule has 0 N–H and O–H groups in total. The van der Waals surface area contributed by atoms with Gasteiger partial charge in [-0.15, -0.1) is 0 Å². The van der Waals surface area contributed by atoms with Crippen molar-refractivity contribution in [2.75, 3.05) is 12.9 Å². The Labute approximate surface area is 170 Å². The van der Waals surface area contributed by atoms with Gasteiger partial charge in [-0.25, -0.2) is 17.6 Å². The van der Waals surface area contributed by atoms with Crippen LogP contribution in [0.1, 0.15) is 25.3 Å². The molecule has 0 amide bonds. The van der Waals surface area contributed by atoms with E-state index in [4.69, 9.17) is 4.74 Å². The maximum atomic E-state index is 13.1. The quantitative estimate of drug-likeness (QED) is 0.674. The van der Waals surface area contributed by atoms with Crippen LogP contribution in [0.3, 0.4) is 0 Å². The first-order valence-corrected chi connectivity index (χ1v) is 10.9. The highest BCUT2D eigenvalue weighted by Crippen LogP contribution is 2.23. The summed E-state index contributed by atoms with van der Waals surface area (Å²) in [7, 11) is -2.55. The molecular weight excluding hydrogens is 395 g/mol. The molecule has 154 valence electrons. The van der Waals surface area contributed by atoms with E-state index in [1.807, 2.05) is 24.3 Å². The minimum Gasteiger partial charge on any atom is -0.467 e. The molecule has 2 aromatic rings. The van der Waals surface area contributed by atoms with Crippen LogP contribution in [0.15, 0.2) is 53.6 Å². The van der Waals surface area contributed by atoms with Crippen molar-refractivity contribution in [2.24, 2.45) is 5.10 Å². The van der Waals surface area contributed by atoms with Gasteiger partial charge in [0.25, 0.3) is 10.0 Å². The predicted octanol–water partition coefficient (Wildman–Crippen LogP) is 3.38. The molecule has 3 rings (SSSR count). The van der Waals surface area contributed by atoms with E-state index in [0.29, 0.717) is 18.6 Å². The highest BCUT2D eigenvalue weighted by atomic mass is 32.2. The van der Waals surface area contributed by atoms with Crippen LogP contribution < -0.4 is 0 Å².